The van der Waals surface area contributed by atoms with Crippen LogP contribution in [0.1, 0.15) is 26.4 Å². The van der Waals surface area contributed by atoms with E-state index in [1.54, 1.807) is 17.0 Å². The summed E-state index contributed by atoms with van der Waals surface area (Å²) in [6.45, 7) is 2.73. The third kappa shape index (κ3) is 4.38. The number of aromatic nitrogens is 1. The van der Waals surface area contributed by atoms with Gasteiger partial charge in [-0.05, 0) is 29.8 Å². The lowest BCUT2D eigenvalue weighted by Crippen LogP contribution is -2.41. The van der Waals surface area contributed by atoms with Gasteiger partial charge in [0.05, 0.1) is 24.5 Å². The van der Waals surface area contributed by atoms with E-state index in [9.17, 15) is 9.59 Å². The van der Waals surface area contributed by atoms with Crippen molar-refractivity contribution in [3.05, 3.63) is 102 Å². The Kier molecular flexibility index (Phi) is 5.91. The zero-order valence-electron chi connectivity index (χ0n) is 18.2. The number of hydrogen-bond donors (Lipinski definition) is 1. The SMILES string of the molecule is O=C(Nc1ccccc1C(=O)N1CCOCC1)c1cc2ccccc2n1Cc1ccccc1. The van der Waals surface area contributed by atoms with Crippen molar-refractivity contribution in [3.8, 4) is 0 Å². The van der Waals surface area contributed by atoms with E-state index in [1.165, 1.54) is 0 Å². The molecule has 1 saturated heterocycles. The van der Waals surface area contributed by atoms with Crippen LogP contribution in [0.2, 0.25) is 0 Å². The number of para-hydroxylation sites is 2. The number of carbonyl (C=O) groups excluding carboxylic acids is 2. The largest absolute Gasteiger partial charge is 0.378 e. The highest BCUT2D eigenvalue weighted by Gasteiger charge is 2.23. The first-order valence-electron chi connectivity index (χ1n) is 11.1. The fourth-order valence-corrected chi connectivity index (χ4v) is 4.24. The smallest absolute Gasteiger partial charge is 0.272 e. The van der Waals surface area contributed by atoms with Gasteiger partial charge in [0.15, 0.2) is 0 Å². The zero-order chi connectivity index (χ0) is 22.6. The van der Waals surface area contributed by atoms with Crippen LogP contribution < -0.4 is 5.32 Å². The van der Waals surface area contributed by atoms with Crippen LogP contribution in [0.5, 0.6) is 0 Å². The van der Waals surface area contributed by atoms with E-state index in [2.05, 4.69) is 5.32 Å². The molecule has 5 rings (SSSR count). The third-order valence-electron chi connectivity index (χ3n) is 5.93. The fraction of sp³-hybridized carbons (Fsp3) is 0.185. The van der Waals surface area contributed by atoms with Crippen molar-refractivity contribution in [1.82, 2.24) is 9.47 Å². The molecule has 1 N–H and O–H groups in total. The summed E-state index contributed by atoms with van der Waals surface area (Å²) >= 11 is 0. The molecule has 0 saturated carbocycles. The van der Waals surface area contributed by atoms with Gasteiger partial charge in [-0.1, -0.05) is 60.7 Å². The van der Waals surface area contributed by atoms with Crippen LogP contribution in [0, 0.1) is 0 Å². The molecular formula is C27H25N3O3. The highest BCUT2D eigenvalue weighted by atomic mass is 16.5. The van der Waals surface area contributed by atoms with Crippen LogP contribution in [0.3, 0.4) is 0 Å². The summed E-state index contributed by atoms with van der Waals surface area (Å²) in [5.41, 5.74) is 3.64. The number of fused-ring (bicyclic) bond motifs is 1. The third-order valence-corrected chi connectivity index (χ3v) is 5.93. The van der Waals surface area contributed by atoms with Crippen LogP contribution in [-0.2, 0) is 11.3 Å². The molecule has 1 aliphatic rings. The van der Waals surface area contributed by atoms with E-state index in [0.29, 0.717) is 49.8 Å². The molecule has 0 bridgehead atoms. The maximum Gasteiger partial charge on any atom is 0.272 e. The Bertz CT molecular complexity index is 1290. The Morgan fingerprint density at radius 3 is 2.36 bits per heavy atom. The Labute approximate surface area is 192 Å². The second-order valence-electron chi connectivity index (χ2n) is 8.06. The van der Waals surface area contributed by atoms with Crippen molar-refractivity contribution in [2.45, 2.75) is 6.54 Å². The number of rotatable bonds is 5. The van der Waals surface area contributed by atoms with Gasteiger partial charge in [-0.3, -0.25) is 9.59 Å². The number of amides is 2. The number of benzene rings is 3. The molecule has 1 aromatic heterocycles. The van der Waals surface area contributed by atoms with Crippen molar-refractivity contribution in [2.75, 3.05) is 31.6 Å². The lowest BCUT2D eigenvalue weighted by atomic mass is 10.1. The number of carbonyl (C=O) groups is 2. The summed E-state index contributed by atoms with van der Waals surface area (Å²) in [5.74, 6) is -0.344. The first-order valence-corrected chi connectivity index (χ1v) is 11.1. The summed E-state index contributed by atoms with van der Waals surface area (Å²) in [6, 6.07) is 27.1. The van der Waals surface area contributed by atoms with Crippen molar-refractivity contribution in [2.24, 2.45) is 0 Å². The van der Waals surface area contributed by atoms with Crippen LogP contribution in [0.25, 0.3) is 10.9 Å². The molecule has 6 heteroatoms. The van der Waals surface area contributed by atoms with E-state index < -0.39 is 0 Å². The van der Waals surface area contributed by atoms with Gasteiger partial charge in [0.25, 0.3) is 11.8 Å². The zero-order valence-corrected chi connectivity index (χ0v) is 18.2. The highest BCUT2D eigenvalue weighted by molar-refractivity contribution is 6.10. The quantitative estimate of drug-likeness (QED) is 0.501. The maximum absolute atomic E-state index is 13.5. The minimum Gasteiger partial charge on any atom is -0.378 e. The molecule has 166 valence electrons. The van der Waals surface area contributed by atoms with Crippen LogP contribution in [0.4, 0.5) is 5.69 Å². The predicted octanol–water partition coefficient (Wildman–Crippen LogP) is 4.41. The molecular weight excluding hydrogens is 414 g/mol. The molecule has 1 fully saturated rings. The Morgan fingerprint density at radius 1 is 0.848 bits per heavy atom. The monoisotopic (exact) mass is 439 g/mol. The molecule has 0 radical (unpaired) electrons. The number of nitrogens with one attached hydrogen (secondary N) is 1. The lowest BCUT2D eigenvalue weighted by molar-refractivity contribution is 0.0303. The Balaban J connectivity index is 1.47. The van der Waals surface area contributed by atoms with Crippen molar-refractivity contribution < 1.29 is 14.3 Å². The number of morpholine rings is 1. The predicted molar refractivity (Wildman–Crippen MR) is 129 cm³/mol. The van der Waals surface area contributed by atoms with Crippen molar-refractivity contribution >= 4 is 28.4 Å². The number of ether oxygens (including phenoxy) is 1. The average molecular weight is 440 g/mol. The van der Waals surface area contributed by atoms with E-state index in [-0.39, 0.29) is 11.8 Å². The van der Waals surface area contributed by atoms with Gasteiger partial charge in [-0.25, -0.2) is 0 Å². The van der Waals surface area contributed by atoms with E-state index in [1.807, 2.05) is 77.4 Å². The molecule has 0 aliphatic carbocycles. The van der Waals surface area contributed by atoms with Gasteiger partial charge >= 0.3 is 0 Å². The van der Waals surface area contributed by atoms with Crippen molar-refractivity contribution in [1.29, 1.82) is 0 Å². The number of hydrogen-bond acceptors (Lipinski definition) is 3. The molecule has 0 atom stereocenters. The maximum atomic E-state index is 13.5. The summed E-state index contributed by atoms with van der Waals surface area (Å²) in [6.07, 6.45) is 0. The number of nitrogens with zero attached hydrogens (tertiary/aromatic N) is 2. The molecule has 0 unspecified atom stereocenters. The standard InChI is InChI=1S/C27H25N3O3/c31-26(28-23-12-6-5-11-22(23)27(32)29-14-16-33-17-15-29)25-18-21-10-4-7-13-24(21)30(25)19-20-8-2-1-3-9-20/h1-13,18H,14-17,19H2,(H,28,31). The minimum atomic E-state index is -0.246. The first-order chi connectivity index (χ1) is 16.2. The number of anilines is 1. The molecule has 4 aromatic rings. The van der Waals surface area contributed by atoms with Crippen LogP contribution in [-0.4, -0.2) is 47.6 Å². The van der Waals surface area contributed by atoms with E-state index in [4.69, 9.17) is 4.74 Å². The van der Waals surface area contributed by atoms with Gasteiger partial charge in [-0.2, -0.15) is 0 Å². The van der Waals surface area contributed by atoms with E-state index in [0.717, 1.165) is 16.5 Å². The topological polar surface area (TPSA) is 63.6 Å². The summed E-state index contributed by atoms with van der Waals surface area (Å²) in [7, 11) is 0. The minimum absolute atomic E-state index is 0.0981. The first kappa shape index (κ1) is 21.0. The Hall–Kier alpha value is -3.90. The van der Waals surface area contributed by atoms with Crippen molar-refractivity contribution in [3.63, 3.8) is 0 Å². The van der Waals surface area contributed by atoms with Gasteiger partial charge in [0.1, 0.15) is 5.69 Å². The van der Waals surface area contributed by atoms with Crippen LogP contribution in [0.15, 0.2) is 84.9 Å². The fourth-order valence-electron chi connectivity index (χ4n) is 4.24. The Morgan fingerprint density at radius 2 is 1.55 bits per heavy atom. The van der Waals surface area contributed by atoms with Gasteiger partial charge in [-0.15, -0.1) is 0 Å². The molecule has 2 heterocycles. The second kappa shape index (κ2) is 9.30. The highest BCUT2D eigenvalue weighted by Crippen LogP contribution is 2.24. The molecule has 1 aliphatic heterocycles. The molecule has 0 spiro atoms. The molecule has 2 amide bonds. The summed E-state index contributed by atoms with van der Waals surface area (Å²) in [4.78, 5) is 28.3. The van der Waals surface area contributed by atoms with Crippen LogP contribution >= 0.6 is 0 Å². The summed E-state index contributed by atoms with van der Waals surface area (Å²) in [5, 5.41) is 3.99. The van der Waals surface area contributed by atoms with Gasteiger partial charge in [0.2, 0.25) is 0 Å². The van der Waals surface area contributed by atoms with Gasteiger partial charge in [0, 0.05) is 30.5 Å². The van der Waals surface area contributed by atoms with Gasteiger partial charge < -0.3 is 19.5 Å². The molecule has 33 heavy (non-hydrogen) atoms. The average Bonchev–Trinajstić information content (AvgIpc) is 3.23. The van der Waals surface area contributed by atoms with E-state index >= 15 is 0 Å². The lowest BCUT2D eigenvalue weighted by Gasteiger charge is -2.27. The molecule has 6 nitrogen and oxygen atoms in total. The second-order valence-corrected chi connectivity index (χ2v) is 8.06. The molecule has 3 aromatic carbocycles. The summed E-state index contributed by atoms with van der Waals surface area (Å²) < 4.78 is 7.38. The normalized spacial score (nSPS) is 13.8.